The maximum Gasteiger partial charge on any atom is 0.178 e. The molecule has 1 aliphatic rings. The minimum absolute atomic E-state index is 0.689. The van der Waals surface area contributed by atoms with Crippen molar-refractivity contribution in [1.29, 1.82) is 0 Å². The summed E-state index contributed by atoms with van der Waals surface area (Å²) in [6, 6.07) is 6.31. The maximum atomic E-state index is 4.77. The second kappa shape index (κ2) is 8.09. The molecule has 0 aliphatic carbocycles. The van der Waals surface area contributed by atoms with Gasteiger partial charge in [-0.05, 0) is 62.2 Å². The number of aromatic nitrogens is 5. The summed E-state index contributed by atoms with van der Waals surface area (Å²) < 4.78 is 0. The van der Waals surface area contributed by atoms with Gasteiger partial charge in [0.15, 0.2) is 11.5 Å². The average molecular weight is 429 g/mol. The summed E-state index contributed by atoms with van der Waals surface area (Å²) >= 11 is 1.76. The van der Waals surface area contributed by atoms with E-state index < -0.39 is 0 Å². The molecule has 0 unspecified atom stereocenters. The van der Waals surface area contributed by atoms with Gasteiger partial charge in [0.2, 0.25) is 0 Å². The van der Waals surface area contributed by atoms with Gasteiger partial charge >= 0.3 is 0 Å². The fourth-order valence-corrected chi connectivity index (χ4v) is 4.80. The van der Waals surface area contributed by atoms with Gasteiger partial charge in [-0.1, -0.05) is 18.7 Å². The Balaban J connectivity index is 1.65. The second-order valence-corrected chi connectivity index (χ2v) is 8.88. The molecule has 0 saturated carbocycles. The van der Waals surface area contributed by atoms with Crippen LogP contribution in [0.5, 0.6) is 0 Å². The summed E-state index contributed by atoms with van der Waals surface area (Å²) in [7, 11) is 0. The number of nitrogens with zero attached hydrogens (tertiary/aromatic N) is 3. The van der Waals surface area contributed by atoms with Gasteiger partial charge in [-0.3, -0.25) is 5.10 Å². The van der Waals surface area contributed by atoms with Crippen LogP contribution in [0.1, 0.15) is 18.2 Å². The molecule has 4 aromatic heterocycles. The number of allylic oxidation sites excluding steroid dienone is 1. The minimum Gasteiger partial charge on any atom is -0.335 e. The van der Waals surface area contributed by atoms with Crippen molar-refractivity contribution in [3.8, 4) is 22.0 Å². The van der Waals surface area contributed by atoms with E-state index in [4.69, 9.17) is 4.98 Å². The van der Waals surface area contributed by atoms with Crippen LogP contribution in [0.25, 0.3) is 45.3 Å². The van der Waals surface area contributed by atoms with Crippen LogP contribution in [0.4, 0.5) is 0 Å². The van der Waals surface area contributed by atoms with Crippen LogP contribution in [-0.4, -0.2) is 38.2 Å². The van der Waals surface area contributed by atoms with Crippen molar-refractivity contribution in [2.45, 2.75) is 20.3 Å². The summed E-state index contributed by atoms with van der Waals surface area (Å²) in [4.78, 5) is 15.2. The zero-order valence-corrected chi connectivity index (χ0v) is 18.4. The molecule has 31 heavy (non-hydrogen) atoms. The van der Waals surface area contributed by atoms with Crippen LogP contribution in [-0.2, 0) is 0 Å². The summed E-state index contributed by atoms with van der Waals surface area (Å²) in [6.07, 6.45) is 9.12. The third kappa shape index (κ3) is 3.66. The third-order valence-electron chi connectivity index (χ3n) is 5.54. The fourth-order valence-electron chi connectivity index (χ4n) is 3.90. The number of rotatable bonds is 4. The monoisotopic (exact) mass is 428 g/mol. The highest BCUT2D eigenvalue weighted by atomic mass is 32.1. The Kier molecular flexibility index (Phi) is 5.13. The van der Waals surface area contributed by atoms with Crippen molar-refractivity contribution in [3.63, 3.8) is 0 Å². The first-order valence-electron chi connectivity index (χ1n) is 10.4. The standard InChI is InChI=1S/C24H24N6S/c1-4-19-18(13-14(2)16-7-10-25-11-8-16)22(30-29-19)24-27-21-17(9-12-26-23(21)28-24)20-6-5-15(3)31-20/h4-7,9,12-13,25,29H,2,8,10-11H2,1,3H3,(H,26,27,28)/b18-13+,19-4+. The van der Waals surface area contributed by atoms with Gasteiger partial charge in [0.1, 0.15) is 5.69 Å². The van der Waals surface area contributed by atoms with Crippen molar-refractivity contribution >= 4 is 34.7 Å². The van der Waals surface area contributed by atoms with Crippen LogP contribution >= 0.6 is 11.3 Å². The lowest BCUT2D eigenvalue weighted by molar-refractivity contribution is 0.710. The van der Waals surface area contributed by atoms with Crippen molar-refractivity contribution in [2.75, 3.05) is 13.1 Å². The highest BCUT2D eigenvalue weighted by molar-refractivity contribution is 7.15. The zero-order valence-electron chi connectivity index (χ0n) is 17.6. The van der Waals surface area contributed by atoms with E-state index in [1.54, 1.807) is 11.3 Å². The van der Waals surface area contributed by atoms with E-state index in [1.165, 1.54) is 15.3 Å². The number of H-pyrrole nitrogens is 2. The lowest BCUT2D eigenvalue weighted by atomic mass is 10.0. The highest BCUT2D eigenvalue weighted by Crippen LogP contribution is 2.32. The van der Waals surface area contributed by atoms with Gasteiger partial charge in [0.25, 0.3) is 0 Å². The first-order chi connectivity index (χ1) is 15.1. The van der Waals surface area contributed by atoms with E-state index in [-0.39, 0.29) is 0 Å². The molecule has 4 aromatic rings. The summed E-state index contributed by atoms with van der Waals surface area (Å²) in [5, 5.41) is 13.0. The SMILES string of the molecule is C=C(/C=c1/c(-c2nc3nccc(-c4ccc(C)s4)c3[nH]2)n[nH]/c1=C/C)C1=CCNCC1. The molecule has 0 amide bonds. The van der Waals surface area contributed by atoms with E-state index in [0.717, 1.165) is 52.4 Å². The van der Waals surface area contributed by atoms with E-state index in [2.05, 4.69) is 63.3 Å². The molecule has 5 heterocycles. The third-order valence-corrected chi connectivity index (χ3v) is 6.57. The minimum atomic E-state index is 0.689. The van der Waals surface area contributed by atoms with Crippen LogP contribution < -0.4 is 15.9 Å². The molecule has 3 N–H and O–H groups in total. The van der Waals surface area contributed by atoms with Crippen molar-refractivity contribution in [2.24, 2.45) is 0 Å². The second-order valence-electron chi connectivity index (χ2n) is 7.59. The first-order valence-corrected chi connectivity index (χ1v) is 11.2. The molecule has 5 rings (SSSR count). The maximum absolute atomic E-state index is 4.77. The van der Waals surface area contributed by atoms with Crippen LogP contribution in [0.2, 0.25) is 0 Å². The van der Waals surface area contributed by atoms with E-state index in [1.807, 2.05) is 25.3 Å². The number of hydrogen-bond donors (Lipinski definition) is 3. The van der Waals surface area contributed by atoms with Crippen molar-refractivity contribution < 1.29 is 0 Å². The lowest BCUT2D eigenvalue weighted by Crippen LogP contribution is -2.25. The molecule has 0 saturated heterocycles. The number of pyridine rings is 1. The molecule has 0 radical (unpaired) electrons. The first kappa shape index (κ1) is 19.7. The quantitative estimate of drug-likeness (QED) is 0.465. The van der Waals surface area contributed by atoms with E-state index >= 15 is 0 Å². The Morgan fingerprint density at radius 3 is 2.90 bits per heavy atom. The molecule has 6 nitrogen and oxygen atoms in total. The highest BCUT2D eigenvalue weighted by Gasteiger charge is 2.15. The Labute approximate surface area is 184 Å². The van der Waals surface area contributed by atoms with Crippen LogP contribution in [0.15, 0.2) is 48.2 Å². The molecule has 1 aliphatic heterocycles. The predicted molar refractivity (Wildman–Crippen MR) is 128 cm³/mol. The Bertz CT molecular complexity index is 1430. The molecule has 0 bridgehead atoms. The molecule has 7 heteroatoms. The molecule has 0 atom stereocenters. The normalized spacial score (nSPS) is 15.6. The van der Waals surface area contributed by atoms with Gasteiger partial charge in [0.05, 0.1) is 10.9 Å². The largest absolute Gasteiger partial charge is 0.335 e. The molecule has 0 spiro atoms. The molecule has 156 valence electrons. The Morgan fingerprint density at radius 1 is 1.26 bits per heavy atom. The smallest absolute Gasteiger partial charge is 0.178 e. The summed E-state index contributed by atoms with van der Waals surface area (Å²) in [5.41, 5.74) is 5.78. The number of imidazole rings is 1. The van der Waals surface area contributed by atoms with Crippen molar-refractivity contribution in [3.05, 3.63) is 63.6 Å². The Hall–Kier alpha value is -3.29. The van der Waals surface area contributed by atoms with E-state index in [9.17, 15) is 0 Å². The van der Waals surface area contributed by atoms with Gasteiger partial charge in [-0.25, -0.2) is 9.97 Å². The van der Waals surface area contributed by atoms with Crippen molar-refractivity contribution in [1.82, 2.24) is 30.5 Å². The number of thiophene rings is 1. The van der Waals surface area contributed by atoms with Gasteiger partial charge in [-0.2, -0.15) is 5.10 Å². The summed E-state index contributed by atoms with van der Waals surface area (Å²) in [6.45, 7) is 10.3. The van der Waals surface area contributed by atoms with Gasteiger partial charge < -0.3 is 10.3 Å². The number of aromatic amines is 2. The number of hydrogen-bond acceptors (Lipinski definition) is 5. The number of aryl methyl sites for hydroxylation is 1. The summed E-state index contributed by atoms with van der Waals surface area (Å²) in [5.74, 6) is 0.700. The molecule has 0 fully saturated rings. The Morgan fingerprint density at radius 2 is 2.16 bits per heavy atom. The van der Waals surface area contributed by atoms with Gasteiger partial charge in [0, 0.05) is 33.3 Å². The molecular weight excluding hydrogens is 404 g/mol. The molecule has 0 aromatic carbocycles. The molecular formula is C24H24N6S. The average Bonchev–Trinajstić information content (AvgIpc) is 3.51. The van der Waals surface area contributed by atoms with E-state index in [0.29, 0.717) is 11.5 Å². The van der Waals surface area contributed by atoms with Gasteiger partial charge in [-0.15, -0.1) is 11.3 Å². The number of fused-ring (bicyclic) bond motifs is 1. The zero-order chi connectivity index (χ0) is 21.4. The van der Waals surface area contributed by atoms with Crippen LogP contribution in [0, 0.1) is 6.92 Å². The fraction of sp³-hybridized carbons (Fsp3) is 0.208. The van der Waals surface area contributed by atoms with Crippen LogP contribution in [0.3, 0.4) is 0 Å². The topological polar surface area (TPSA) is 82.3 Å². The predicted octanol–water partition coefficient (Wildman–Crippen LogP) is 3.44. The number of nitrogens with one attached hydrogen (secondary N) is 3. The lowest BCUT2D eigenvalue weighted by Gasteiger charge is -2.13.